The van der Waals surface area contributed by atoms with Gasteiger partial charge in [0.1, 0.15) is 12.4 Å². The van der Waals surface area contributed by atoms with Crippen molar-refractivity contribution in [2.75, 3.05) is 39.8 Å². The van der Waals surface area contributed by atoms with E-state index in [2.05, 4.69) is 20.7 Å². The summed E-state index contributed by atoms with van der Waals surface area (Å²) in [5.41, 5.74) is 0. The Morgan fingerprint density at radius 2 is 2.00 bits per heavy atom. The number of nitrogens with zero attached hydrogens (tertiary/aromatic N) is 5. The summed E-state index contributed by atoms with van der Waals surface area (Å²) < 4.78 is 44.6. The van der Waals surface area contributed by atoms with E-state index in [-0.39, 0.29) is 30.0 Å². The summed E-state index contributed by atoms with van der Waals surface area (Å²) in [5.74, 6) is 2.91. The summed E-state index contributed by atoms with van der Waals surface area (Å²) in [6.45, 7) is 4.83. The van der Waals surface area contributed by atoms with Gasteiger partial charge in [-0.2, -0.15) is 18.3 Å². The van der Waals surface area contributed by atoms with Crippen molar-refractivity contribution in [3.8, 4) is 0 Å². The number of halogens is 4. The van der Waals surface area contributed by atoms with Crippen LogP contribution in [-0.2, 0) is 24.3 Å². The van der Waals surface area contributed by atoms with Crippen LogP contribution >= 0.6 is 24.0 Å². The second-order valence-corrected chi connectivity index (χ2v) is 8.32. The van der Waals surface area contributed by atoms with Gasteiger partial charge in [0.2, 0.25) is 0 Å². The molecule has 1 atom stereocenters. The van der Waals surface area contributed by atoms with Gasteiger partial charge in [-0.25, -0.2) is 9.67 Å². The molecule has 3 rings (SSSR count). The number of alkyl halides is 3. The number of methoxy groups -OCH3 is 1. The van der Waals surface area contributed by atoms with Crippen LogP contribution in [0, 0.1) is 5.92 Å². The van der Waals surface area contributed by atoms with E-state index in [9.17, 15) is 13.2 Å². The Balaban J connectivity index is 0.00000363. The van der Waals surface area contributed by atoms with Gasteiger partial charge in [-0.3, -0.25) is 9.89 Å². The van der Waals surface area contributed by atoms with Gasteiger partial charge in [0.05, 0.1) is 13.1 Å². The lowest BCUT2D eigenvalue weighted by Gasteiger charge is -2.32. The van der Waals surface area contributed by atoms with E-state index in [1.807, 2.05) is 11.6 Å². The minimum Gasteiger partial charge on any atom is -0.377 e. The van der Waals surface area contributed by atoms with Crippen molar-refractivity contribution in [3.05, 3.63) is 11.6 Å². The largest absolute Gasteiger partial charge is 0.401 e. The minimum atomic E-state index is -4.11. The molecule has 1 aromatic heterocycles. The highest BCUT2D eigenvalue weighted by atomic mass is 127. The number of guanidine groups is 1. The second-order valence-electron chi connectivity index (χ2n) is 8.32. The summed E-state index contributed by atoms with van der Waals surface area (Å²) >= 11 is 0. The topological polar surface area (TPSA) is 79.6 Å². The van der Waals surface area contributed by atoms with E-state index in [0.29, 0.717) is 38.0 Å². The van der Waals surface area contributed by atoms with Gasteiger partial charge >= 0.3 is 6.18 Å². The molecule has 1 unspecified atom stereocenters. The van der Waals surface area contributed by atoms with Gasteiger partial charge in [0.25, 0.3) is 0 Å². The average Bonchev–Trinajstić information content (AvgIpc) is 3.10. The molecule has 8 nitrogen and oxygen atoms in total. The van der Waals surface area contributed by atoms with Crippen LogP contribution in [0.2, 0.25) is 0 Å². The van der Waals surface area contributed by atoms with Crippen LogP contribution < -0.4 is 10.6 Å². The monoisotopic (exact) mass is 573 g/mol. The highest BCUT2D eigenvalue weighted by Gasteiger charge is 2.32. The Hall–Kier alpha value is -1.15. The molecule has 0 spiro atoms. The number of fused-ring (bicyclic) bond motifs is 1. The van der Waals surface area contributed by atoms with Gasteiger partial charge < -0.3 is 15.4 Å². The SMILES string of the molecule is CCNC(=NCCC1CCN(CC(F)(F)F)CC1)NC1CCc2nc(COC)nn2C1.I. The molecule has 1 fully saturated rings. The summed E-state index contributed by atoms with van der Waals surface area (Å²) in [6.07, 6.45) is 0.196. The van der Waals surface area contributed by atoms with Crippen molar-refractivity contribution < 1.29 is 17.9 Å². The Labute approximate surface area is 204 Å². The number of aryl methyl sites for hydroxylation is 1. The molecular weight excluding hydrogens is 538 g/mol. The van der Waals surface area contributed by atoms with Crippen LogP contribution in [0.3, 0.4) is 0 Å². The lowest BCUT2D eigenvalue weighted by molar-refractivity contribution is -0.148. The molecule has 32 heavy (non-hydrogen) atoms. The quantitative estimate of drug-likeness (QED) is 0.283. The fourth-order valence-corrected chi connectivity index (χ4v) is 4.23. The molecule has 184 valence electrons. The molecular formula is C20H35F3IN7O. The normalized spacial score (nSPS) is 20.5. The van der Waals surface area contributed by atoms with Gasteiger partial charge in [0.15, 0.2) is 11.8 Å². The summed E-state index contributed by atoms with van der Waals surface area (Å²) in [5, 5.41) is 11.3. The Morgan fingerprint density at radius 3 is 2.66 bits per heavy atom. The van der Waals surface area contributed by atoms with E-state index in [0.717, 1.165) is 57.0 Å². The molecule has 2 aliphatic rings. The maximum absolute atomic E-state index is 12.5. The lowest BCUT2D eigenvalue weighted by atomic mass is 9.93. The standard InChI is InChI=1S/C20H34F3N7O.HI/c1-3-24-19(25-9-6-15-7-10-29(11-8-15)14-20(21,22)23)26-16-4-5-18-27-17(13-31-2)28-30(18)12-16;/h15-16H,3-14H2,1-2H3,(H2,24,25,26);1H. The molecule has 0 saturated carbocycles. The van der Waals surface area contributed by atoms with Crippen molar-refractivity contribution in [2.45, 2.75) is 64.4 Å². The third kappa shape index (κ3) is 8.65. The van der Waals surface area contributed by atoms with Crippen molar-refractivity contribution in [1.82, 2.24) is 30.3 Å². The number of nitrogens with one attached hydrogen (secondary N) is 2. The highest BCUT2D eigenvalue weighted by molar-refractivity contribution is 14.0. The number of ether oxygens (including phenoxy) is 1. The Morgan fingerprint density at radius 1 is 1.25 bits per heavy atom. The highest BCUT2D eigenvalue weighted by Crippen LogP contribution is 2.24. The first kappa shape index (κ1) is 27.1. The first-order valence-corrected chi connectivity index (χ1v) is 11.1. The molecule has 0 amide bonds. The molecule has 0 aromatic carbocycles. The maximum atomic E-state index is 12.5. The number of hydrogen-bond donors (Lipinski definition) is 2. The van der Waals surface area contributed by atoms with E-state index >= 15 is 0 Å². The number of rotatable bonds is 8. The summed E-state index contributed by atoms with van der Waals surface area (Å²) in [4.78, 5) is 10.7. The van der Waals surface area contributed by atoms with Crippen molar-refractivity contribution in [1.29, 1.82) is 0 Å². The number of aromatic nitrogens is 3. The van der Waals surface area contributed by atoms with Crippen LogP contribution in [0.1, 0.15) is 44.3 Å². The van der Waals surface area contributed by atoms with E-state index in [1.54, 1.807) is 7.11 Å². The minimum absolute atomic E-state index is 0. The molecule has 1 saturated heterocycles. The van der Waals surface area contributed by atoms with Crippen LogP contribution in [0.4, 0.5) is 13.2 Å². The third-order valence-corrected chi connectivity index (χ3v) is 5.78. The fraction of sp³-hybridized carbons (Fsp3) is 0.850. The number of likely N-dealkylation sites (tertiary alicyclic amines) is 1. The molecule has 2 N–H and O–H groups in total. The maximum Gasteiger partial charge on any atom is 0.401 e. The Bertz CT molecular complexity index is 721. The van der Waals surface area contributed by atoms with Crippen LogP contribution in [0.15, 0.2) is 4.99 Å². The van der Waals surface area contributed by atoms with Crippen LogP contribution in [-0.4, -0.2) is 77.7 Å². The number of hydrogen-bond acceptors (Lipinski definition) is 5. The van der Waals surface area contributed by atoms with Gasteiger partial charge in [0, 0.05) is 32.7 Å². The zero-order valence-electron chi connectivity index (χ0n) is 18.8. The summed E-state index contributed by atoms with van der Waals surface area (Å²) in [6, 6.07) is 0.216. The van der Waals surface area contributed by atoms with Crippen molar-refractivity contribution in [3.63, 3.8) is 0 Å². The zero-order chi connectivity index (χ0) is 22.3. The molecule has 3 heterocycles. The first-order chi connectivity index (χ1) is 14.9. The second kappa shape index (κ2) is 12.9. The van der Waals surface area contributed by atoms with Crippen molar-refractivity contribution in [2.24, 2.45) is 10.9 Å². The van der Waals surface area contributed by atoms with E-state index < -0.39 is 12.7 Å². The lowest BCUT2D eigenvalue weighted by Crippen LogP contribution is -2.47. The number of aliphatic imine (C=N–C) groups is 1. The number of piperidine rings is 1. The van der Waals surface area contributed by atoms with E-state index in [4.69, 9.17) is 9.73 Å². The molecule has 0 aliphatic carbocycles. The third-order valence-electron chi connectivity index (χ3n) is 5.78. The predicted octanol–water partition coefficient (Wildman–Crippen LogP) is 2.58. The average molecular weight is 573 g/mol. The first-order valence-electron chi connectivity index (χ1n) is 11.1. The predicted molar refractivity (Wildman–Crippen MR) is 127 cm³/mol. The smallest absolute Gasteiger partial charge is 0.377 e. The summed E-state index contributed by atoms with van der Waals surface area (Å²) in [7, 11) is 1.63. The zero-order valence-corrected chi connectivity index (χ0v) is 21.2. The van der Waals surface area contributed by atoms with Crippen LogP contribution in [0.5, 0.6) is 0 Å². The Kier molecular flexibility index (Phi) is 10.9. The molecule has 1 aromatic rings. The van der Waals surface area contributed by atoms with Gasteiger partial charge in [-0.1, -0.05) is 0 Å². The molecule has 0 radical (unpaired) electrons. The molecule has 12 heteroatoms. The van der Waals surface area contributed by atoms with Gasteiger partial charge in [-0.05, 0) is 51.6 Å². The molecule has 2 aliphatic heterocycles. The molecule has 0 bridgehead atoms. The van der Waals surface area contributed by atoms with Crippen molar-refractivity contribution >= 4 is 29.9 Å². The van der Waals surface area contributed by atoms with Crippen LogP contribution in [0.25, 0.3) is 0 Å². The fourth-order valence-electron chi connectivity index (χ4n) is 4.23. The van der Waals surface area contributed by atoms with E-state index in [1.165, 1.54) is 4.90 Å². The van der Waals surface area contributed by atoms with Gasteiger partial charge in [-0.15, -0.1) is 24.0 Å².